The van der Waals surface area contributed by atoms with Crippen LogP contribution in [0, 0.1) is 11.8 Å². The molecule has 28 heteroatoms. The van der Waals surface area contributed by atoms with Gasteiger partial charge in [-0.2, -0.15) is 14.2 Å². The van der Waals surface area contributed by atoms with E-state index in [0.29, 0.717) is 38.9 Å². The molecule has 6 atom stereocenters. The quantitative estimate of drug-likeness (QED) is 0.0140. The smallest absolute Gasteiger partial charge is 0.373 e. The van der Waals surface area contributed by atoms with Crippen LogP contribution in [0.15, 0.2) is 4.99 Å². The third-order valence-corrected chi connectivity index (χ3v) is 12.4. The second-order valence-electron chi connectivity index (χ2n) is 18.1. The normalized spacial score (nSPS) is 26.0. The number of nitrogens with one attached hydrogen (secondary N) is 5. The first-order valence-corrected chi connectivity index (χ1v) is 23.5. The van der Waals surface area contributed by atoms with Crippen molar-refractivity contribution in [3.05, 3.63) is 0 Å². The van der Waals surface area contributed by atoms with Gasteiger partial charge >= 0.3 is 36.0 Å². The number of quaternary nitrogens is 1. The first-order valence-electron chi connectivity index (χ1n) is 23.5. The second kappa shape index (κ2) is 31.3. The number of carbonyl (C=O) groups is 10. The van der Waals surface area contributed by atoms with Gasteiger partial charge < -0.3 is 42.3 Å². The van der Waals surface area contributed by atoms with Crippen molar-refractivity contribution in [3.63, 3.8) is 0 Å². The van der Waals surface area contributed by atoms with Gasteiger partial charge in [0.1, 0.15) is 18.6 Å². The number of hydrogen-bond donors (Lipinski definition) is 10. The standard InChI is InChI=1S/C42H71N13O13.CO2/c1-27(2)36-40(67)55(21-7-8-28(55)26-56)50-30(10-6-12-46-41(43)44)37(64)29(9-4-5-11-45-39(66)38(65)31(22-33(58)59)48-49-42(68)47-36)32(57)23-52-15-13-51(3)14-16-53(24-34(60)61)19-20-54(18-17-52)25-35(62)63;2-1-3/h26-31,36,50H,4-25H2,1-3H3,(H10-,43,44,45,46,47,48,49,58,59,60,61,62,63,65,66,68);/p+1/t28-,29?,30-,31-,36-,55?;/m0./s1. The molecule has 0 bridgehead atoms. The lowest BCUT2D eigenvalue weighted by molar-refractivity contribution is -0.903. The Balaban J connectivity index is 0.00000561. The molecule has 12 N–H and O–H groups in total. The summed E-state index contributed by atoms with van der Waals surface area (Å²) in [4.78, 5) is 160. The summed E-state index contributed by atoms with van der Waals surface area (Å²) in [5.74, 6) is -9.85. The van der Waals surface area contributed by atoms with Crippen molar-refractivity contribution in [2.45, 2.75) is 89.4 Å². The number of rotatable bonds is 15. The van der Waals surface area contributed by atoms with Crippen molar-refractivity contribution in [3.8, 4) is 0 Å². The highest BCUT2D eigenvalue weighted by Crippen LogP contribution is 2.29. The molecule has 2 unspecified atom stereocenters. The van der Waals surface area contributed by atoms with E-state index in [9.17, 15) is 58.5 Å². The number of Topliss-reactive ketones (excluding diaryl/α,β-unsaturated/α-hetero) is 3. The molecule has 0 saturated carbocycles. The number of urea groups is 1. The van der Waals surface area contributed by atoms with Gasteiger partial charge in [0.2, 0.25) is 5.78 Å². The van der Waals surface area contributed by atoms with Crippen molar-refractivity contribution in [2.24, 2.45) is 28.3 Å². The van der Waals surface area contributed by atoms with Crippen LogP contribution in [0.2, 0.25) is 0 Å². The molecule has 3 saturated heterocycles. The molecule has 28 nitrogen and oxygen atoms in total. The summed E-state index contributed by atoms with van der Waals surface area (Å²) in [7, 11) is 1.85. The number of aliphatic carboxylic acids is 3. The molecule has 0 aromatic rings. The van der Waals surface area contributed by atoms with E-state index in [1.807, 2.05) is 16.8 Å². The minimum atomic E-state index is -1.71. The lowest BCUT2D eigenvalue weighted by Gasteiger charge is -2.40. The van der Waals surface area contributed by atoms with Crippen molar-refractivity contribution in [1.29, 1.82) is 0 Å². The minimum Gasteiger partial charge on any atom is -0.481 e. The Kier molecular flexibility index (Phi) is 26.9. The van der Waals surface area contributed by atoms with Gasteiger partial charge in [0.15, 0.2) is 35.9 Å². The largest absolute Gasteiger partial charge is 0.481 e. The summed E-state index contributed by atoms with van der Waals surface area (Å²) >= 11 is 0. The van der Waals surface area contributed by atoms with E-state index in [0.717, 1.165) is 0 Å². The van der Waals surface area contributed by atoms with E-state index >= 15 is 4.79 Å². The molecule has 0 radical (unpaired) electrons. The molecule has 3 aliphatic rings. The predicted octanol–water partition coefficient (Wildman–Crippen LogP) is -4.65. The number of carboxylic acids is 3. The molecule has 3 aliphatic heterocycles. The Morgan fingerprint density at radius 3 is 1.90 bits per heavy atom. The van der Waals surface area contributed by atoms with Crippen LogP contribution < -0.4 is 38.4 Å². The van der Waals surface area contributed by atoms with Gasteiger partial charge in [0.05, 0.1) is 32.0 Å². The molecular formula is C43H72N13O15+. The maximum Gasteiger partial charge on any atom is 0.373 e. The number of nitrogens with zero attached hydrogens (tertiary/aromatic N) is 6. The number of hydrogen-bond acceptors (Lipinski definition) is 19. The highest BCUT2D eigenvalue weighted by Gasteiger charge is 2.54. The molecule has 71 heavy (non-hydrogen) atoms. The fourth-order valence-electron chi connectivity index (χ4n) is 8.58. The van der Waals surface area contributed by atoms with Crippen LogP contribution in [-0.2, 0) is 52.7 Å². The monoisotopic (exact) mass is 1010 g/mol. The number of likely N-dealkylation sites (N-methyl/N-ethyl adjacent to an activating group) is 1. The summed E-state index contributed by atoms with van der Waals surface area (Å²) in [5.41, 5.74) is 18.9. The maximum absolute atomic E-state index is 15.2. The van der Waals surface area contributed by atoms with Crippen molar-refractivity contribution < 1.29 is 77.4 Å². The number of aldehydes is 1. The van der Waals surface area contributed by atoms with Crippen LogP contribution in [0.1, 0.15) is 65.2 Å². The highest BCUT2D eigenvalue weighted by atomic mass is 16.4. The van der Waals surface area contributed by atoms with Crippen molar-refractivity contribution >= 4 is 71.5 Å². The van der Waals surface area contributed by atoms with Gasteiger partial charge in [-0.3, -0.25) is 63.5 Å². The Bertz CT molecular complexity index is 1930. The van der Waals surface area contributed by atoms with E-state index in [2.05, 4.69) is 31.9 Å². The average Bonchev–Trinajstić information content (AvgIpc) is 3.72. The highest BCUT2D eigenvalue weighted by molar-refractivity contribution is 6.38. The molecule has 0 aliphatic carbocycles. The van der Waals surface area contributed by atoms with Crippen LogP contribution in [0.25, 0.3) is 0 Å². The Morgan fingerprint density at radius 2 is 1.38 bits per heavy atom. The van der Waals surface area contributed by atoms with Gasteiger partial charge in [0.25, 0.3) is 5.91 Å². The van der Waals surface area contributed by atoms with Gasteiger partial charge in [0, 0.05) is 78.3 Å². The molecule has 3 fully saturated rings. The molecule has 3 rings (SSSR count). The fourth-order valence-corrected chi connectivity index (χ4v) is 8.58. The topological polar surface area (TPSA) is 403 Å². The van der Waals surface area contributed by atoms with Gasteiger partial charge in [-0.15, -0.1) is 5.43 Å². The third-order valence-electron chi connectivity index (χ3n) is 12.4. The number of aliphatic imine (C=N–C) groups is 1. The third kappa shape index (κ3) is 21.0. The lowest BCUT2D eigenvalue weighted by atomic mass is 9.87. The van der Waals surface area contributed by atoms with Crippen molar-refractivity contribution in [2.75, 3.05) is 98.7 Å². The summed E-state index contributed by atoms with van der Waals surface area (Å²) in [6, 6.07) is -6.39. The number of carboxylic acid groups (broad SMARTS) is 3. The maximum atomic E-state index is 15.2. The SMILES string of the molecule is CC(C)[C@@H]1NC(=O)NN[C@@H](CC(=O)O)C(=O)C(=O)NCCCCC(C(=O)CN2CCN(C)CCN(CC(=O)O)CCN(CC(=O)O)CC2)C(=O)[C@H](CCCN=C(N)N)N[N+]2(CCC[C@H]2C=O)C1=O.O=C=O. The number of ketones is 3. The molecule has 4 amide bonds. The molecule has 398 valence electrons. The number of amides is 4. The molecule has 1 spiro atoms. The molecule has 0 aromatic heterocycles. The number of guanidine groups is 1. The van der Waals surface area contributed by atoms with E-state index in [-0.39, 0.29) is 116 Å². The Morgan fingerprint density at radius 1 is 0.817 bits per heavy atom. The summed E-state index contributed by atoms with van der Waals surface area (Å²) in [6.45, 7) is 4.96. The predicted molar refractivity (Wildman–Crippen MR) is 248 cm³/mol. The first-order chi connectivity index (χ1) is 33.6. The van der Waals surface area contributed by atoms with E-state index < -0.39 is 100 Å². The zero-order chi connectivity index (χ0) is 53.3. The minimum absolute atomic E-state index is 0.00309. The molecule has 3 heterocycles. The number of hydrazine groups is 1. The Labute approximate surface area is 411 Å². The number of carbonyl (C=O) groups excluding carboxylic acids is 9. The second-order valence-corrected chi connectivity index (χ2v) is 18.1. The van der Waals surface area contributed by atoms with E-state index in [4.69, 9.17) is 21.1 Å². The average molecular weight is 1010 g/mol. The zero-order valence-corrected chi connectivity index (χ0v) is 40.7. The summed E-state index contributed by atoms with van der Waals surface area (Å²) in [5, 5.41) is 33.6. The Hall–Kier alpha value is -6.13. The van der Waals surface area contributed by atoms with E-state index in [1.165, 1.54) is 0 Å². The van der Waals surface area contributed by atoms with Crippen LogP contribution in [0.3, 0.4) is 0 Å². The van der Waals surface area contributed by atoms with Crippen LogP contribution >= 0.6 is 0 Å². The zero-order valence-electron chi connectivity index (χ0n) is 40.7. The summed E-state index contributed by atoms with van der Waals surface area (Å²) < 4.78 is -0.764. The van der Waals surface area contributed by atoms with Crippen molar-refractivity contribution in [1.82, 2.24) is 46.5 Å². The van der Waals surface area contributed by atoms with Gasteiger partial charge in [-0.05, 0) is 38.6 Å². The fraction of sp³-hybridized carbons (Fsp3) is 0.721. The summed E-state index contributed by atoms with van der Waals surface area (Å²) in [6.07, 6.45) is 1.04. The van der Waals surface area contributed by atoms with E-state index in [1.54, 1.807) is 23.6 Å². The lowest BCUT2D eigenvalue weighted by Crippen LogP contribution is -2.73. The van der Waals surface area contributed by atoms with Crippen LogP contribution in [-0.4, -0.2) is 234 Å². The van der Waals surface area contributed by atoms with Gasteiger partial charge in [-0.1, -0.05) is 20.3 Å². The van der Waals surface area contributed by atoms with Crippen LogP contribution in [0.4, 0.5) is 4.79 Å². The molecule has 0 aromatic carbocycles. The number of nitrogens with two attached hydrogens (primary N) is 2. The molecular weight excluding hydrogens is 939 g/mol. The van der Waals surface area contributed by atoms with Crippen LogP contribution in [0.5, 0.6) is 0 Å². The first kappa shape index (κ1) is 61.0. The van der Waals surface area contributed by atoms with Gasteiger partial charge in [-0.25, -0.2) is 15.0 Å².